The van der Waals surface area contributed by atoms with Crippen molar-refractivity contribution in [2.45, 2.75) is 45.7 Å². The zero-order valence-electron chi connectivity index (χ0n) is 16.0. The number of aromatic nitrogens is 1. The summed E-state index contributed by atoms with van der Waals surface area (Å²) in [4.78, 5) is 11.4. The molecular formula is C20H29N5S. The summed E-state index contributed by atoms with van der Waals surface area (Å²) in [5.74, 6) is 0.801. The molecule has 0 spiro atoms. The molecule has 1 atom stereocenters. The Hall–Kier alpha value is -2.08. The Kier molecular flexibility index (Phi) is 6.50. The van der Waals surface area contributed by atoms with Gasteiger partial charge in [-0.25, -0.2) is 4.98 Å². The molecule has 1 aliphatic heterocycles. The van der Waals surface area contributed by atoms with Crippen LogP contribution in [0.5, 0.6) is 0 Å². The number of guanidine groups is 1. The van der Waals surface area contributed by atoms with Crippen molar-refractivity contribution in [1.82, 2.24) is 15.6 Å². The van der Waals surface area contributed by atoms with Crippen molar-refractivity contribution in [3.05, 3.63) is 45.9 Å². The highest BCUT2D eigenvalue weighted by Crippen LogP contribution is 2.23. The Morgan fingerprint density at radius 2 is 2.15 bits per heavy atom. The molecule has 2 N–H and O–H groups in total. The molecule has 1 aromatic heterocycles. The van der Waals surface area contributed by atoms with Gasteiger partial charge in [-0.2, -0.15) is 0 Å². The molecule has 0 radical (unpaired) electrons. The lowest BCUT2D eigenvalue weighted by atomic mass is 10.1. The van der Waals surface area contributed by atoms with E-state index in [2.05, 4.69) is 69.0 Å². The second kappa shape index (κ2) is 9.03. The minimum absolute atomic E-state index is 0.186. The molecule has 3 rings (SSSR count). The third-order valence-corrected chi connectivity index (χ3v) is 5.80. The molecule has 0 amide bonds. The molecule has 1 aromatic carbocycles. The first kappa shape index (κ1) is 18.7. The molecule has 1 saturated heterocycles. The number of nitrogens with zero attached hydrogens (tertiary/aromatic N) is 3. The predicted molar refractivity (Wildman–Crippen MR) is 111 cm³/mol. The van der Waals surface area contributed by atoms with Crippen LogP contribution in [-0.2, 0) is 13.0 Å². The first-order chi connectivity index (χ1) is 12.7. The fourth-order valence-corrected chi connectivity index (χ4v) is 3.96. The molecule has 1 fully saturated rings. The molecule has 140 valence electrons. The second-order valence-electron chi connectivity index (χ2n) is 6.67. The third-order valence-electron chi connectivity index (χ3n) is 4.76. The van der Waals surface area contributed by atoms with Crippen molar-refractivity contribution in [1.29, 1.82) is 0 Å². The van der Waals surface area contributed by atoms with Crippen LogP contribution in [0.15, 0.2) is 34.6 Å². The maximum absolute atomic E-state index is 4.60. The second-order valence-corrected chi connectivity index (χ2v) is 7.61. The minimum Gasteiger partial charge on any atom is -0.372 e. The molecule has 5 nitrogen and oxygen atoms in total. The van der Waals surface area contributed by atoms with E-state index in [0.29, 0.717) is 6.54 Å². The van der Waals surface area contributed by atoms with Crippen molar-refractivity contribution < 1.29 is 0 Å². The van der Waals surface area contributed by atoms with E-state index in [9.17, 15) is 0 Å². The van der Waals surface area contributed by atoms with E-state index >= 15 is 0 Å². The summed E-state index contributed by atoms with van der Waals surface area (Å²) >= 11 is 1.72. The molecule has 0 bridgehead atoms. The molecule has 2 heterocycles. The number of aryl methyl sites for hydroxylation is 1. The van der Waals surface area contributed by atoms with Crippen LogP contribution < -0.4 is 15.5 Å². The lowest BCUT2D eigenvalue weighted by Crippen LogP contribution is -2.38. The van der Waals surface area contributed by atoms with Gasteiger partial charge in [-0.3, -0.25) is 4.99 Å². The normalized spacial score (nSPS) is 16.0. The number of benzene rings is 1. The third kappa shape index (κ3) is 4.75. The number of rotatable bonds is 6. The topological polar surface area (TPSA) is 52.6 Å². The van der Waals surface area contributed by atoms with Crippen LogP contribution >= 0.6 is 11.3 Å². The zero-order valence-corrected chi connectivity index (χ0v) is 16.8. The van der Waals surface area contributed by atoms with Crippen molar-refractivity contribution in [2.75, 3.05) is 25.0 Å². The van der Waals surface area contributed by atoms with Crippen molar-refractivity contribution >= 4 is 23.0 Å². The van der Waals surface area contributed by atoms with Gasteiger partial charge in [-0.15, -0.1) is 11.3 Å². The minimum atomic E-state index is 0.186. The Bertz CT molecular complexity index is 733. The van der Waals surface area contributed by atoms with Crippen LogP contribution in [0.1, 0.15) is 49.0 Å². The Balaban J connectivity index is 1.58. The highest BCUT2D eigenvalue weighted by molar-refractivity contribution is 7.09. The summed E-state index contributed by atoms with van der Waals surface area (Å²) in [6.07, 6.45) is 3.58. The summed E-state index contributed by atoms with van der Waals surface area (Å²) in [5.41, 5.74) is 3.67. The van der Waals surface area contributed by atoms with Crippen molar-refractivity contribution in [3.8, 4) is 0 Å². The number of anilines is 1. The predicted octanol–water partition coefficient (Wildman–Crippen LogP) is 3.73. The van der Waals surface area contributed by atoms with E-state index < -0.39 is 0 Å². The smallest absolute Gasteiger partial charge is 0.191 e. The van der Waals surface area contributed by atoms with E-state index in [4.69, 9.17) is 0 Å². The van der Waals surface area contributed by atoms with Gasteiger partial charge >= 0.3 is 0 Å². The standard InChI is InChI=1S/C20H29N5S/c1-4-19-24-17(14-26-19)13-22-20(21-3)23-15(2)16-8-7-9-18(12-16)25-10-5-6-11-25/h7-9,12,14-15H,4-6,10-11,13H2,1-3H3,(H2,21,22,23). The van der Waals surface area contributed by atoms with Gasteiger partial charge in [0, 0.05) is 31.2 Å². The number of aliphatic imine (C=N–C) groups is 1. The summed E-state index contributed by atoms with van der Waals surface area (Å²) < 4.78 is 0. The van der Waals surface area contributed by atoms with Crippen LogP contribution in [0.25, 0.3) is 0 Å². The highest BCUT2D eigenvalue weighted by atomic mass is 32.1. The van der Waals surface area contributed by atoms with Crippen LogP contribution in [0.3, 0.4) is 0 Å². The largest absolute Gasteiger partial charge is 0.372 e. The molecule has 2 aromatic rings. The van der Waals surface area contributed by atoms with Crippen molar-refractivity contribution in [3.63, 3.8) is 0 Å². The molecule has 1 unspecified atom stereocenters. The van der Waals surface area contributed by atoms with Crippen LogP contribution in [0, 0.1) is 0 Å². The average molecular weight is 372 g/mol. The van der Waals surface area contributed by atoms with Gasteiger partial charge in [0.2, 0.25) is 0 Å². The Labute approximate surface area is 160 Å². The molecule has 6 heteroatoms. The first-order valence-electron chi connectivity index (χ1n) is 9.45. The number of thiazole rings is 1. The van der Waals surface area contributed by atoms with Gasteiger partial charge in [-0.05, 0) is 43.9 Å². The van der Waals surface area contributed by atoms with Gasteiger partial charge in [0.25, 0.3) is 0 Å². The van der Waals surface area contributed by atoms with E-state index in [1.54, 1.807) is 18.4 Å². The first-order valence-corrected chi connectivity index (χ1v) is 10.3. The SMILES string of the molecule is CCc1nc(CNC(=NC)NC(C)c2cccc(N3CCCC3)c2)cs1. The fourth-order valence-electron chi connectivity index (χ4n) is 3.22. The maximum Gasteiger partial charge on any atom is 0.191 e. The highest BCUT2D eigenvalue weighted by Gasteiger charge is 2.14. The monoisotopic (exact) mass is 371 g/mol. The summed E-state index contributed by atoms with van der Waals surface area (Å²) in [6, 6.07) is 9.02. The lowest BCUT2D eigenvalue weighted by Gasteiger charge is -2.22. The molecule has 26 heavy (non-hydrogen) atoms. The van der Waals surface area contributed by atoms with Crippen LogP contribution in [0.2, 0.25) is 0 Å². The van der Waals surface area contributed by atoms with Gasteiger partial charge in [0.15, 0.2) is 5.96 Å². The van der Waals surface area contributed by atoms with E-state index in [0.717, 1.165) is 18.1 Å². The lowest BCUT2D eigenvalue weighted by molar-refractivity contribution is 0.682. The number of hydrogen-bond acceptors (Lipinski definition) is 4. The Morgan fingerprint density at radius 3 is 2.85 bits per heavy atom. The Morgan fingerprint density at radius 1 is 1.35 bits per heavy atom. The van der Waals surface area contributed by atoms with Gasteiger partial charge in [0.05, 0.1) is 23.3 Å². The summed E-state index contributed by atoms with van der Waals surface area (Å²) in [6.45, 7) is 7.34. The van der Waals surface area contributed by atoms with Crippen LogP contribution in [-0.4, -0.2) is 31.1 Å². The quantitative estimate of drug-likeness (QED) is 0.600. The van der Waals surface area contributed by atoms with E-state index in [1.807, 2.05) is 0 Å². The van der Waals surface area contributed by atoms with E-state index in [-0.39, 0.29) is 6.04 Å². The number of hydrogen-bond donors (Lipinski definition) is 2. The summed E-state index contributed by atoms with van der Waals surface area (Å²) in [7, 11) is 1.81. The molecule has 1 aliphatic rings. The zero-order chi connectivity index (χ0) is 18.4. The summed E-state index contributed by atoms with van der Waals surface area (Å²) in [5, 5.41) is 10.1. The van der Waals surface area contributed by atoms with E-state index in [1.165, 1.54) is 42.2 Å². The van der Waals surface area contributed by atoms with Gasteiger partial charge in [0.1, 0.15) is 0 Å². The van der Waals surface area contributed by atoms with Crippen LogP contribution in [0.4, 0.5) is 5.69 Å². The van der Waals surface area contributed by atoms with Crippen molar-refractivity contribution in [2.24, 2.45) is 4.99 Å². The number of nitrogens with one attached hydrogen (secondary N) is 2. The fraction of sp³-hybridized carbons (Fsp3) is 0.500. The van der Waals surface area contributed by atoms with Gasteiger partial charge < -0.3 is 15.5 Å². The molecular weight excluding hydrogens is 342 g/mol. The molecule has 0 aliphatic carbocycles. The molecule has 0 saturated carbocycles. The average Bonchev–Trinajstić information content (AvgIpc) is 3.36. The van der Waals surface area contributed by atoms with Gasteiger partial charge in [-0.1, -0.05) is 19.1 Å². The maximum atomic E-state index is 4.60.